The van der Waals surface area contributed by atoms with Crippen molar-refractivity contribution in [2.45, 2.75) is 11.8 Å². The first kappa shape index (κ1) is 43.6. The zero-order valence-electron chi connectivity index (χ0n) is 27.3. The minimum atomic E-state index is -1.50. The number of hydrogen-bond acceptors (Lipinski definition) is 9. The molecule has 6 heterocycles. The Morgan fingerprint density at radius 1 is 0.913 bits per heavy atom. The van der Waals surface area contributed by atoms with Crippen molar-refractivity contribution in [2.24, 2.45) is 28.2 Å². The first-order chi connectivity index (χ1) is 20.9. The van der Waals surface area contributed by atoms with E-state index in [4.69, 9.17) is 33.3 Å². The van der Waals surface area contributed by atoms with Crippen molar-refractivity contribution >= 4 is 80.3 Å². The van der Waals surface area contributed by atoms with Crippen molar-refractivity contribution in [3.63, 3.8) is 0 Å². The van der Waals surface area contributed by atoms with Crippen LogP contribution >= 0.6 is 39.1 Å². The van der Waals surface area contributed by atoms with Crippen molar-refractivity contribution < 1.29 is 129 Å². The van der Waals surface area contributed by atoms with E-state index >= 15 is 0 Å². The van der Waals surface area contributed by atoms with Crippen LogP contribution in [0.3, 0.4) is 0 Å². The van der Waals surface area contributed by atoms with Crippen LogP contribution in [0.2, 0.25) is 0 Å². The van der Waals surface area contributed by atoms with Crippen molar-refractivity contribution in [1.29, 1.82) is 0 Å². The van der Waals surface area contributed by atoms with Gasteiger partial charge in [0.15, 0.2) is 0 Å². The molecular weight excluding hydrogens is 756 g/mol. The molecule has 6 aromatic heterocycles. The average molecular weight is 786 g/mol. The van der Waals surface area contributed by atoms with E-state index in [9.17, 15) is 10.0 Å². The van der Waals surface area contributed by atoms with Crippen molar-refractivity contribution in [3.05, 3.63) is 65.9 Å². The number of carbonyl (C=O) groups excluding carboxylic acids is 1. The fraction of sp³-hybridized carbons (Fsp3) is 0.222. The summed E-state index contributed by atoms with van der Waals surface area (Å²) in [6.07, 6.45) is 10.9. The van der Waals surface area contributed by atoms with Gasteiger partial charge >= 0.3 is 110 Å². The van der Waals surface area contributed by atoms with Gasteiger partial charge < -0.3 is 30.8 Å². The van der Waals surface area contributed by atoms with Gasteiger partial charge in [0, 0.05) is 79.4 Å². The molecule has 0 amide bonds. The molecule has 0 saturated heterocycles. The number of fused-ring (bicyclic) bond motifs is 2. The smallest absolute Gasteiger partial charge is 1.00 e. The van der Waals surface area contributed by atoms with Crippen LogP contribution in [0.15, 0.2) is 65.9 Å². The molecule has 19 heteroatoms. The largest absolute Gasteiger partial charge is 1.00 e. The average Bonchev–Trinajstić information content (AvgIpc) is 3.76. The fourth-order valence-electron chi connectivity index (χ4n) is 4.31. The van der Waals surface area contributed by atoms with Crippen LogP contribution in [-0.2, 0) is 37.9 Å². The van der Waals surface area contributed by atoms with Crippen molar-refractivity contribution in [3.8, 4) is 22.5 Å². The Balaban J connectivity index is 0.000000701. The van der Waals surface area contributed by atoms with Gasteiger partial charge in [-0.2, -0.15) is 10.2 Å². The summed E-state index contributed by atoms with van der Waals surface area (Å²) in [5.74, 6) is 0. The molecule has 0 aliphatic rings. The van der Waals surface area contributed by atoms with Crippen LogP contribution < -0.4 is 113 Å². The summed E-state index contributed by atoms with van der Waals surface area (Å²) in [5.41, 5.74) is 6.25. The van der Waals surface area contributed by atoms with E-state index in [1.807, 2.05) is 63.5 Å². The van der Waals surface area contributed by atoms with Crippen LogP contribution in [0.5, 0.6) is 0 Å². The fourth-order valence-corrected chi connectivity index (χ4v) is 4.72. The Bertz CT molecular complexity index is 1850. The normalized spacial score (nSPS) is 10.0. The number of nitrogens with zero attached hydrogens (tertiary/aromatic N) is 8. The Hall–Kier alpha value is -0.452. The summed E-state index contributed by atoms with van der Waals surface area (Å²) in [4.78, 5) is 19.7. The third kappa shape index (κ3) is 11.6. The van der Waals surface area contributed by atoms with Gasteiger partial charge in [-0.25, -0.2) is 9.97 Å². The molecular formula is C27H30BBrCl2K2N8O5. The molecule has 0 bridgehead atoms. The van der Waals surface area contributed by atoms with Crippen LogP contribution in [0.25, 0.3) is 44.6 Å². The molecule has 6 rings (SSSR count). The molecule has 234 valence electrons. The van der Waals surface area contributed by atoms with Gasteiger partial charge in [-0.3, -0.25) is 14.2 Å². The van der Waals surface area contributed by atoms with Crippen LogP contribution in [0.1, 0.15) is 8.35 Å². The third-order valence-corrected chi connectivity index (χ3v) is 6.85. The van der Waals surface area contributed by atoms with Gasteiger partial charge in [0.1, 0.15) is 16.1 Å². The quantitative estimate of drug-likeness (QED) is 0.0616. The van der Waals surface area contributed by atoms with Gasteiger partial charge in [-0.15, -0.1) is 23.2 Å². The maximum atomic E-state index is 9.40. The first-order valence-electron chi connectivity index (χ1n) is 12.8. The monoisotopic (exact) mass is 784 g/mol. The van der Waals surface area contributed by atoms with E-state index in [0.717, 1.165) is 43.4 Å². The second-order valence-corrected chi connectivity index (χ2v) is 11.6. The van der Waals surface area contributed by atoms with Gasteiger partial charge in [0.25, 0.3) is 6.47 Å². The summed E-state index contributed by atoms with van der Waals surface area (Å²) in [5, 5.41) is 37.4. The number of rotatable bonds is 4. The van der Waals surface area contributed by atoms with Gasteiger partial charge in [-0.1, -0.05) is 0 Å². The minimum Gasteiger partial charge on any atom is -1.00 e. The summed E-state index contributed by atoms with van der Waals surface area (Å²) in [7, 11) is 6.18. The number of alkyl halides is 2. The SMILES string of the molecule is CC(Cl)Cl.Cn1cc(-c2cc3c(B(O)O)ccnc3n2C)cn1.Cn1cc(-c2cc3c(Br)ccnc3n2C)cn1.O=CO[O-].[H-].[K+].[K+]. The second-order valence-electron chi connectivity index (χ2n) is 9.24. The summed E-state index contributed by atoms with van der Waals surface area (Å²) in [6, 6.07) is 7.59. The number of hydrogen-bond donors (Lipinski definition) is 2. The maximum absolute atomic E-state index is 9.40. The number of halogens is 3. The minimum absolute atomic E-state index is 0. The van der Waals surface area contributed by atoms with Gasteiger partial charge in [-0.05, 0) is 52.6 Å². The summed E-state index contributed by atoms with van der Waals surface area (Å²) >= 11 is 13.6. The van der Waals surface area contributed by atoms with Crippen molar-refractivity contribution in [2.75, 3.05) is 0 Å². The Morgan fingerprint density at radius 3 is 1.70 bits per heavy atom. The van der Waals surface area contributed by atoms with Gasteiger partial charge in [0.05, 0.1) is 23.8 Å². The second kappa shape index (κ2) is 20.9. The summed E-state index contributed by atoms with van der Waals surface area (Å²) in [6.45, 7) is 1.52. The third-order valence-electron chi connectivity index (χ3n) is 6.16. The van der Waals surface area contributed by atoms with E-state index in [2.05, 4.69) is 51.6 Å². The maximum Gasteiger partial charge on any atom is 1.00 e. The molecule has 6 aromatic rings. The molecule has 0 atom stereocenters. The number of pyridine rings is 2. The van der Waals surface area contributed by atoms with Crippen LogP contribution in [0.4, 0.5) is 0 Å². The standard InChI is InChI=1S/C12H13BN4O2.C12H11BrN4.C2H4Cl2.CH2O3.2K.H/c1-16-7-8(6-15-16)11-5-9-10(13(18)19)3-4-14-12(9)17(11)2;1-16-7-8(6-15-16)11-5-9-10(13)3-4-14-12(9)17(11)2;1-2(3)4;2-1-4-3;;;/h3-7,18-19H,1-2H3;3-7H,1-2H3;2H,1H3;1,3H;;;/q;;;;2*+1;-1/p-1. The Labute approximate surface area is 370 Å². The Morgan fingerprint density at radius 2 is 1.33 bits per heavy atom. The number of aryl methyl sites for hydroxylation is 4. The van der Waals surface area contributed by atoms with E-state index in [1.165, 1.54) is 0 Å². The molecule has 0 aromatic carbocycles. The van der Waals surface area contributed by atoms with Crippen LogP contribution in [-0.4, -0.2) is 67.1 Å². The molecule has 0 saturated carbocycles. The zero-order chi connectivity index (χ0) is 32.6. The molecule has 0 spiro atoms. The predicted molar refractivity (Wildman–Crippen MR) is 173 cm³/mol. The molecule has 0 aliphatic heterocycles. The summed E-state index contributed by atoms with van der Waals surface area (Å²) < 4.78 is 8.58. The topological polar surface area (TPSA) is 161 Å². The Kier molecular flexibility index (Phi) is 19.8. The van der Waals surface area contributed by atoms with Crippen LogP contribution in [0, 0.1) is 0 Å². The molecule has 0 aliphatic carbocycles. The number of aromatic nitrogens is 8. The molecule has 2 N–H and O–H groups in total. The zero-order valence-corrected chi connectivity index (χ0v) is 35.7. The molecule has 0 fully saturated rings. The van der Waals surface area contributed by atoms with Crippen molar-refractivity contribution in [1.82, 2.24) is 38.7 Å². The van der Waals surface area contributed by atoms with E-state index in [0.29, 0.717) is 11.1 Å². The predicted octanol–water partition coefficient (Wildman–Crippen LogP) is -3.24. The first-order valence-corrected chi connectivity index (χ1v) is 14.4. The molecule has 0 unspecified atom stereocenters. The molecule has 13 nitrogen and oxygen atoms in total. The molecule has 46 heavy (non-hydrogen) atoms. The molecule has 0 radical (unpaired) electrons. The van der Waals surface area contributed by atoms with Gasteiger partial charge in [0.2, 0.25) is 0 Å². The van der Waals surface area contributed by atoms with E-state index in [-0.39, 0.29) is 116 Å². The van der Waals surface area contributed by atoms with E-state index in [1.54, 1.807) is 40.9 Å². The number of carbonyl (C=O) groups is 1. The van der Waals surface area contributed by atoms with E-state index < -0.39 is 7.12 Å².